The van der Waals surface area contributed by atoms with E-state index in [4.69, 9.17) is 0 Å². The molecule has 1 N–H and O–H groups in total. The molecule has 1 heterocycles. The molecule has 0 aliphatic rings. The molecule has 0 bridgehead atoms. The minimum atomic E-state index is -0.778. The van der Waals surface area contributed by atoms with Crippen molar-refractivity contribution in [3.05, 3.63) is 97.0 Å². The third-order valence-electron chi connectivity index (χ3n) is 4.95. The first-order valence-corrected chi connectivity index (χ1v) is 9.18. The average Bonchev–Trinajstić information content (AvgIpc) is 2.70. The number of hydrogen-bond acceptors (Lipinski definition) is 5. The Kier molecular flexibility index (Phi) is 5.91. The van der Waals surface area contributed by atoms with Gasteiger partial charge in [0.2, 0.25) is 5.95 Å². The van der Waals surface area contributed by atoms with Crippen molar-refractivity contribution in [3.8, 4) is 0 Å². The molecule has 1 aromatic heterocycles. The lowest BCUT2D eigenvalue weighted by Gasteiger charge is -2.21. The van der Waals surface area contributed by atoms with Gasteiger partial charge >= 0.3 is 0 Å². The number of aromatic nitrogens is 2. The Balaban J connectivity index is 1.94. The number of halogens is 2. The minimum Gasteiger partial charge on any atom is -0.341 e. The summed E-state index contributed by atoms with van der Waals surface area (Å²) in [5.41, 5.74) is 0.732. The van der Waals surface area contributed by atoms with Crippen LogP contribution in [0.5, 0.6) is 0 Å². The molecule has 2 aromatic carbocycles. The molecule has 0 saturated carbocycles. The van der Waals surface area contributed by atoms with E-state index in [0.717, 1.165) is 5.56 Å². The van der Waals surface area contributed by atoms with Gasteiger partial charge in [0.25, 0.3) is 11.2 Å². The maximum Gasteiger partial charge on any atom is 0.269 e. The van der Waals surface area contributed by atoms with Crippen molar-refractivity contribution in [2.75, 3.05) is 11.9 Å². The summed E-state index contributed by atoms with van der Waals surface area (Å²) in [6.45, 7) is 3.46. The van der Waals surface area contributed by atoms with Crippen molar-refractivity contribution in [1.29, 1.82) is 0 Å². The Morgan fingerprint density at radius 3 is 2.33 bits per heavy atom. The van der Waals surface area contributed by atoms with Crippen LogP contribution < -0.4 is 10.5 Å². The predicted octanol–water partition coefficient (Wildman–Crippen LogP) is 4.05. The van der Waals surface area contributed by atoms with Crippen molar-refractivity contribution in [3.63, 3.8) is 0 Å². The standard InChI is InChI=1S/C21H20F2N4O3/c1-12(18-16(22)5-4-6-17(18)23)19-13(2)20(28)25-21(24-19)26(3)11-14-7-9-15(10-8-14)27(29)30/h4-10,12H,11H2,1-3H3,(H,24,25,28). The molecule has 3 rings (SSSR count). The first-order chi connectivity index (χ1) is 14.2. The SMILES string of the molecule is Cc1c(C(C)c2c(F)cccc2F)nc(N(C)Cc2ccc([N+](=O)[O-])cc2)[nH]c1=O. The van der Waals surface area contributed by atoms with Crippen LogP contribution in [0.2, 0.25) is 0 Å². The van der Waals surface area contributed by atoms with E-state index < -0.39 is 28.0 Å². The summed E-state index contributed by atoms with van der Waals surface area (Å²) in [5, 5.41) is 10.8. The Morgan fingerprint density at radius 2 is 1.77 bits per heavy atom. The molecule has 156 valence electrons. The normalized spacial score (nSPS) is 11.9. The van der Waals surface area contributed by atoms with Crippen LogP contribution in [0.4, 0.5) is 20.4 Å². The van der Waals surface area contributed by atoms with Gasteiger partial charge in [0.1, 0.15) is 11.6 Å². The molecule has 0 amide bonds. The van der Waals surface area contributed by atoms with Crippen LogP contribution in [0.25, 0.3) is 0 Å². The van der Waals surface area contributed by atoms with Crippen LogP contribution in [0.3, 0.4) is 0 Å². The van der Waals surface area contributed by atoms with Gasteiger partial charge in [-0.25, -0.2) is 13.8 Å². The quantitative estimate of drug-likeness (QED) is 0.485. The molecule has 3 aromatic rings. The number of aromatic amines is 1. The number of benzene rings is 2. The second kappa shape index (κ2) is 8.40. The third-order valence-corrected chi connectivity index (χ3v) is 4.95. The van der Waals surface area contributed by atoms with Gasteiger partial charge in [-0.3, -0.25) is 19.9 Å². The summed E-state index contributed by atoms with van der Waals surface area (Å²) < 4.78 is 28.5. The summed E-state index contributed by atoms with van der Waals surface area (Å²) >= 11 is 0. The monoisotopic (exact) mass is 414 g/mol. The molecule has 30 heavy (non-hydrogen) atoms. The molecule has 0 radical (unpaired) electrons. The minimum absolute atomic E-state index is 0.0219. The van der Waals surface area contributed by atoms with Gasteiger partial charge in [0, 0.05) is 42.8 Å². The van der Waals surface area contributed by atoms with E-state index in [1.54, 1.807) is 37.9 Å². The number of nitrogens with one attached hydrogen (secondary N) is 1. The maximum atomic E-state index is 14.2. The number of nitro groups is 1. The largest absolute Gasteiger partial charge is 0.341 e. The Morgan fingerprint density at radius 1 is 1.17 bits per heavy atom. The van der Waals surface area contributed by atoms with E-state index in [9.17, 15) is 23.7 Å². The lowest BCUT2D eigenvalue weighted by molar-refractivity contribution is -0.384. The predicted molar refractivity (Wildman–Crippen MR) is 109 cm³/mol. The molecule has 1 atom stereocenters. The number of non-ortho nitro benzene ring substituents is 1. The number of H-pyrrole nitrogens is 1. The highest BCUT2D eigenvalue weighted by Crippen LogP contribution is 2.29. The topological polar surface area (TPSA) is 92.1 Å². The van der Waals surface area contributed by atoms with Crippen LogP contribution in [-0.4, -0.2) is 21.9 Å². The van der Waals surface area contributed by atoms with E-state index in [-0.39, 0.29) is 28.5 Å². The van der Waals surface area contributed by atoms with Crippen molar-refractivity contribution < 1.29 is 13.7 Å². The molecular formula is C21H20F2N4O3. The number of anilines is 1. The van der Waals surface area contributed by atoms with E-state index in [1.807, 2.05) is 0 Å². The fraction of sp³-hybridized carbons (Fsp3) is 0.238. The Hall–Kier alpha value is -3.62. The molecule has 0 fully saturated rings. The van der Waals surface area contributed by atoms with Gasteiger partial charge in [-0.15, -0.1) is 0 Å². The highest BCUT2D eigenvalue weighted by Gasteiger charge is 2.23. The maximum absolute atomic E-state index is 14.2. The third kappa shape index (κ3) is 4.19. The van der Waals surface area contributed by atoms with Gasteiger partial charge in [0.05, 0.1) is 10.6 Å². The van der Waals surface area contributed by atoms with Gasteiger partial charge < -0.3 is 4.90 Å². The van der Waals surface area contributed by atoms with Gasteiger partial charge in [-0.2, -0.15) is 0 Å². The number of rotatable bonds is 6. The second-order valence-corrected chi connectivity index (χ2v) is 7.04. The molecule has 7 nitrogen and oxygen atoms in total. The number of nitro benzene ring substituents is 1. The van der Waals surface area contributed by atoms with Crippen LogP contribution >= 0.6 is 0 Å². The molecule has 0 saturated heterocycles. The van der Waals surface area contributed by atoms with Crippen molar-refractivity contribution in [2.45, 2.75) is 26.3 Å². The van der Waals surface area contributed by atoms with Crippen molar-refractivity contribution in [1.82, 2.24) is 9.97 Å². The fourth-order valence-corrected chi connectivity index (χ4v) is 3.27. The molecule has 1 unspecified atom stereocenters. The van der Waals surface area contributed by atoms with Crippen LogP contribution in [-0.2, 0) is 6.54 Å². The van der Waals surface area contributed by atoms with Gasteiger partial charge in [0.15, 0.2) is 0 Å². The summed E-state index contributed by atoms with van der Waals surface area (Å²) in [5.74, 6) is -1.96. The summed E-state index contributed by atoms with van der Waals surface area (Å²) in [6.07, 6.45) is 0. The lowest BCUT2D eigenvalue weighted by Crippen LogP contribution is -2.26. The lowest BCUT2D eigenvalue weighted by atomic mass is 9.94. The van der Waals surface area contributed by atoms with Crippen molar-refractivity contribution >= 4 is 11.6 Å². The zero-order valence-corrected chi connectivity index (χ0v) is 16.6. The molecular weight excluding hydrogens is 394 g/mol. The number of hydrogen-bond donors (Lipinski definition) is 1. The van der Waals surface area contributed by atoms with Gasteiger partial charge in [-0.1, -0.05) is 25.1 Å². The summed E-state index contributed by atoms with van der Waals surface area (Å²) in [6, 6.07) is 9.62. The van der Waals surface area contributed by atoms with Gasteiger partial charge in [-0.05, 0) is 24.6 Å². The van der Waals surface area contributed by atoms with E-state index in [2.05, 4.69) is 9.97 Å². The number of nitrogens with zero attached hydrogens (tertiary/aromatic N) is 3. The van der Waals surface area contributed by atoms with Crippen LogP contribution in [0.15, 0.2) is 47.3 Å². The Labute approximate surface area is 171 Å². The fourth-order valence-electron chi connectivity index (χ4n) is 3.27. The molecule has 0 aliphatic heterocycles. The van der Waals surface area contributed by atoms with E-state index >= 15 is 0 Å². The van der Waals surface area contributed by atoms with E-state index in [0.29, 0.717) is 6.54 Å². The first-order valence-electron chi connectivity index (χ1n) is 9.18. The van der Waals surface area contributed by atoms with E-state index in [1.165, 1.54) is 30.3 Å². The highest BCUT2D eigenvalue weighted by molar-refractivity contribution is 5.40. The average molecular weight is 414 g/mol. The summed E-state index contributed by atoms with van der Waals surface area (Å²) in [7, 11) is 1.69. The zero-order valence-electron chi connectivity index (χ0n) is 16.6. The smallest absolute Gasteiger partial charge is 0.269 e. The van der Waals surface area contributed by atoms with Crippen molar-refractivity contribution in [2.24, 2.45) is 0 Å². The second-order valence-electron chi connectivity index (χ2n) is 7.04. The first kappa shape index (κ1) is 21.1. The van der Waals surface area contributed by atoms with Crippen LogP contribution in [0.1, 0.15) is 35.2 Å². The molecule has 0 spiro atoms. The van der Waals surface area contributed by atoms with Crippen LogP contribution in [0, 0.1) is 28.7 Å². The molecule has 9 heteroatoms. The highest BCUT2D eigenvalue weighted by atomic mass is 19.1. The summed E-state index contributed by atoms with van der Waals surface area (Å²) in [4.78, 5) is 31.5. The Bertz CT molecular complexity index is 1130. The zero-order chi connectivity index (χ0) is 22.0. The molecule has 0 aliphatic carbocycles.